The Bertz CT molecular complexity index is 1050. The quantitative estimate of drug-likeness (QED) is 0.343. The molecule has 9 heteroatoms. The van der Waals surface area contributed by atoms with E-state index < -0.39 is 22.9 Å². The zero-order valence-corrected chi connectivity index (χ0v) is 19.2. The van der Waals surface area contributed by atoms with Gasteiger partial charge in [-0.3, -0.25) is 19.8 Å². The van der Waals surface area contributed by atoms with Gasteiger partial charge in [0, 0.05) is 30.9 Å². The maximum atomic E-state index is 13.2. The average molecular weight is 453 g/mol. The van der Waals surface area contributed by atoms with E-state index >= 15 is 0 Å². The number of aliphatic imine (C=N–C) groups is 2. The molecule has 0 aromatic heterocycles. The molecular formula is C24H28N4O5. The van der Waals surface area contributed by atoms with Crippen LogP contribution in [0.2, 0.25) is 0 Å². The number of non-ortho nitro benzene ring substituents is 1. The van der Waals surface area contributed by atoms with E-state index in [4.69, 9.17) is 9.47 Å². The summed E-state index contributed by atoms with van der Waals surface area (Å²) in [6.45, 7) is 4.80. The van der Waals surface area contributed by atoms with Gasteiger partial charge in [-0.2, -0.15) is 0 Å². The van der Waals surface area contributed by atoms with Crippen molar-refractivity contribution in [1.29, 1.82) is 0 Å². The second-order valence-electron chi connectivity index (χ2n) is 8.07. The van der Waals surface area contributed by atoms with Gasteiger partial charge in [0.15, 0.2) is 0 Å². The van der Waals surface area contributed by atoms with Crippen LogP contribution < -0.4 is 0 Å². The molecule has 1 heterocycles. The van der Waals surface area contributed by atoms with Crippen LogP contribution in [0.15, 0.2) is 64.6 Å². The van der Waals surface area contributed by atoms with Crippen molar-refractivity contribution in [1.82, 2.24) is 4.90 Å². The van der Waals surface area contributed by atoms with Gasteiger partial charge >= 0.3 is 12.0 Å². The maximum Gasteiger partial charge on any atom is 0.317 e. The summed E-state index contributed by atoms with van der Waals surface area (Å²) in [7, 11) is 3.40. The number of nitro groups is 1. The molecule has 9 nitrogen and oxygen atoms in total. The molecule has 3 rings (SSSR count). The Labute approximate surface area is 192 Å². The number of methoxy groups -OCH3 is 1. The lowest BCUT2D eigenvalue weighted by Crippen LogP contribution is -2.37. The Morgan fingerprint density at radius 2 is 1.94 bits per heavy atom. The van der Waals surface area contributed by atoms with Gasteiger partial charge in [0.05, 0.1) is 18.1 Å². The minimum atomic E-state index is -0.812. The summed E-state index contributed by atoms with van der Waals surface area (Å²) in [5.74, 6) is -1.29. The highest BCUT2D eigenvalue weighted by molar-refractivity contribution is 6.07. The van der Waals surface area contributed by atoms with Crippen LogP contribution in [0.4, 0.5) is 5.69 Å². The third-order valence-electron chi connectivity index (χ3n) is 5.33. The number of nitro benzene ring substituents is 1. The van der Waals surface area contributed by atoms with Crippen molar-refractivity contribution in [3.63, 3.8) is 0 Å². The highest BCUT2D eigenvalue weighted by Gasteiger charge is 2.38. The van der Waals surface area contributed by atoms with E-state index in [1.165, 1.54) is 24.8 Å². The monoisotopic (exact) mass is 452 g/mol. The second kappa shape index (κ2) is 10.8. The Morgan fingerprint density at radius 3 is 2.61 bits per heavy atom. The number of hydrogen-bond acceptors (Lipinski definition) is 8. The fourth-order valence-corrected chi connectivity index (χ4v) is 3.87. The van der Waals surface area contributed by atoms with Crippen LogP contribution in [0, 0.1) is 16.0 Å². The number of rotatable bonds is 8. The molecule has 1 aliphatic rings. The molecule has 0 saturated heterocycles. The highest BCUT2D eigenvalue weighted by atomic mass is 16.6. The van der Waals surface area contributed by atoms with Crippen LogP contribution in [-0.4, -0.2) is 54.3 Å². The lowest BCUT2D eigenvalue weighted by molar-refractivity contribution is -0.384. The molecule has 0 spiro atoms. The molecule has 174 valence electrons. The van der Waals surface area contributed by atoms with Crippen molar-refractivity contribution >= 4 is 23.4 Å². The van der Waals surface area contributed by atoms with Crippen LogP contribution in [-0.2, 0) is 20.8 Å². The molecule has 1 aliphatic heterocycles. The maximum absolute atomic E-state index is 13.2. The van der Waals surface area contributed by atoms with E-state index in [0.717, 1.165) is 6.54 Å². The van der Waals surface area contributed by atoms with Crippen LogP contribution in [0.1, 0.15) is 31.0 Å². The summed E-state index contributed by atoms with van der Waals surface area (Å²) in [6, 6.07) is 15.5. The summed E-state index contributed by atoms with van der Waals surface area (Å²) in [5, 5.41) is 11.2. The number of likely N-dealkylation sites (N-methyl/N-ethyl adjacent to an activating group) is 1. The number of carbonyl (C=O) groups excluding carboxylic acids is 1. The summed E-state index contributed by atoms with van der Waals surface area (Å²) in [6.07, 6.45) is -0.377. The molecule has 0 N–H and O–H groups in total. The Morgan fingerprint density at radius 1 is 1.21 bits per heavy atom. The Hall–Kier alpha value is -3.59. The van der Waals surface area contributed by atoms with Gasteiger partial charge in [-0.15, -0.1) is 0 Å². The first-order valence-corrected chi connectivity index (χ1v) is 10.6. The van der Waals surface area contributed by atoms with Crippen LogP contribution in [0.3, 0.4) is 0 Å². The van der Waals surface area contributed by atoms with Crippen molar-refractivity contribution in [3.05, 3.63) is 75.8 Å². The van der Waals surface area contributed by atoms with Crippen molar-refractivity contribution < 1.29 is 19.2 Å². The van der Waals surface area contributed by atoms with E-state index in [9.17, 15) is 14.9 Å². The van der Waals surface area contributed by atoms with Crippen molar-refractivity contribution in [2.45, 2.75) is 32.5 Å². The van der Waals surface area contributed by atoms with Crippen molar-refractivity contribution in [2.75, 3.05) is 20.7 Å². The zero-order valence-electron chi connectivity index (χ0n) is 19.2. The van der Waals surface area contributed by atoms with Crippen molar-refractivity contribution in [2.24, 2.45) is 15.9 Å². The minimum absolute atomic E-state index is 0.0788. The van der Waals surface area contributed by atoms with Gasteiger partial charge in [-0.25, -0.2) is 9.98 Å². The molecule has 3 unspecified atom stereocenters. The van der Waals surface area contributed by atoms with Gasteiger partial charge in [0.1, 0.15) is 12.0 Å². The summed E-state index contributed by atoms with van der Waals surface area (Å²) >= 11 is 0. The zero-order chi connectivity index (χ0) is 24.0. The van der Waals surface area contributed by atoms with E-state index in [1.54, 1.807) is 19.1 Å². The molecular weight excluding hydrogens is 424 g/mol. The SMILES string of the molecule is COC1=NC(c2cccc([N+](=O)[O-])c2)C(C(=O)OC(C)CN(C)Cc2ccccc2)C(C)=N1. The number of benzene rings is 2. The Balaban J connectivity index is 1.75. The molecule has 3 atom stereocenters. The van der Waals surface area contributed by atoms with Crippen LogP contribution in [0.25, 0.3) is 0 Å². The fourth-order valence-electron chi connectivity index (χ4n) is 3.87. The number of esters is 1. The summed E-state index contributed by atoms with van der Waals surface area (Å²) in [5.41, 5.74) is 2.09. The molecule has 2 aromatic rings. The van der Waals surface area contributed by atoms with E-state index in [-0.39, 0.29) is 17.8 Å². The standard InChI is InChI=1S/C24H28N4O5/c1-16(14-27(3)15-18-9-6-5-7-10-18)33-23(29)21-17(2)25-24(32-4)26-22(21)19-11-8-12-20(13-19)28(30)31/h5-13,16,21-22H,14-15H2,1-4H3. The van der Waals surface area contributed by atoms with E-state index in [1.807, 2.05) is 44.3 Å². The second-order valence-corrected chi connectivity index (χ2v) is 8.07. The molecule has 0 saturated carbocycles. The molecule has 0 radical (unpaired) electrons. The van der Waals surface area contributed by atoms with Gasteiger partial charge in [0.2, 0.25) is 0 Å². The Kier molecular flexibility index (Phi) is 7.89. The first-order valence-electron chi connectivity index (χ1n) is 10.6. The molecule has 0 amide bonds. The lowest BCUT2D eigenvalue weighted by Gasteiger charge is -2.28. The predicted octanol–water partition coefficient (Wildman–Crippen LogP) is 3.79. The van der Waals surface area contributed by atoms with Crippen LogP contribution in [0.5, 0.6) is 0 Å². The molecule has 0 bridgehead atoms. The molecule has 2 aromatic carbocycles. The minimum Gasteiger partial charge on any atom is -0.467 e. The van der Waals surface area contributed by atoms with Gasteiger partial charge in [-0.05, 0) is 32.0 Å². The number of carbonyl (C=O) groups is 1. The molecule has 0 aliphatic carbocycles. The van der Waals surface area contributed by atoms with Gasteiger partial charge < -0.3 is 9.47 Å². The predicted molar refractivity (Wildman–Crippen MR) is 125 cm³/mol. The topological polar surface area (TPSA) is 107 Å². The van der Waals surface area contributed by atoms with Crippen LogP contribution >= 0.6 is 0 Å². The number of nitrogens with zero attached hydrogens (tertiary/aromatic N) is 4. The van der Waals surface area contributed by atoms with E-state index in [0.29, 0.717) is 17.8 Å². The first-order chi connectivity index (χ1) is 15.8. The molecule has 0 fully saturated rings. The summed E-state index contributed by atoms with van der Waals surface area (Å²) in [4.78, 5) is 34.7. The third kappa shape index (κ3) is 6.23. The van der Waals surface area contributed by atoms with Gasteiger partial charge in [-0.1, -0.05) is 42.5 Å². The first kappa shape index (κ1) is 24.1. The van der Waals surface area contributed by atoms with E-state index in [2.05, 4.69) is 14.9 Å². The smallest absolute Gasteiger partial charge is 0.317 e. The number of ether oxygens (including phenoxy) is 2. The lowest BCUT2D eigenvalue weighted by atomic mass is 9.89. The highest BCUT2D eigenvalue weighted by Crippen LogP contribution is 2.33. The largest absolute Gasteiger partial charge is 0.467 e. The summed E-state index contributed by atoms with van der Waals surface area (Å²) < 4.78 is 10.9. The van der Waals surface area contributed by atoms with Gasteiger partial charge in [0.25, 0.3) is 5.69 Å². The van der Waals surface area contributed by atoms with Crippen molar-refractivity contribution in [3.8, 4) is 0 Å². The molecule has 33 heavy (non-hydrogen) atoms. The number of amidine groups is 1. The third-order valence-corrected chi connectivity index (χ3v) is 5.33. The average Bonchev–Trinajstić information content (AvgIpc) is 2.78. The normalized spacial score (nSPS) is 18.8. The fraction of sp³-hybridized carbons (Fsp3) is 0.375. The number of hydrogen-bond donors (Lipinski definition) is 0.